The van der Waals surface area contributed by atoms with Crippen molar-refractivity contribution in [1.82, 2.24) is 19.9 Å². The van der Waals surface area contributed by atoms with Gasteiger partial charge in [0.2, 0.25) is 0 Å². The summed E-state index contributed by atoms with van der Waals surface area (Å²) in [7, 11) is 1.53. The van der Waals surface area contributed by atoms with Crippen LogP contribution in [0.1, 0.15) is 0 Å². The van der Waals surface area contributed by atoms with Crippen molar-refractivity contribution in [2.45, 2.75) is 0 Å². The first kappa shape index (κ1) is 9.32. The Balaban J connectivity index is 2.24. The van der Waals surface area contributed by atoms with Gasteiger partial charge in [-0.15, -0.1) is 0 Å². The lowest BCUT2D eigenvalue weighted by molar-refractivity contribution is 0.398. The number of nitrogens with zero attached hydrogens (tertiary/aromatic N) is 4. The number of nitrogens with one attached hydrogen (secondary N) is 1. The number of aromatic nitrogens is 4. The van der Waals surface area contributed by atoms with E-state index in [1.165, 1.54) is 7.11 Å². The molecule has 2 aromatic heterocycles. The third-order valence-electron chi connectivity index (χ3n) is 1.67. The number of hydrogen-bond acceptors (Lipinski definition) is 6. The van der Waals surface area contributed by atoms with Crippen molar-refractivity contribution in [2.75, 3.05) is 12.4 Å². The summed E-state index contributed by atoms with van der Waals surface area (Å²) in [5.41, 5.74) is 0. The second kappa shape index (κ2) is 4.32. The molecule has 0 bridgehead atoms. The maximum absolute atomic E-state index is 5.03. The number of methoxy groups -OCH3 is 1. The molecular formula is C9H9N5O. The zero-order valence-electron chi connectivity index (χ0n) is 8.08. The zero-order valence-corrected chi connectivity index (χ0v) is 8.08. The quantitative estimate of drug-likeness (QED) is 0.802. The Kier molecular flexibility index (Phi) is 2.68. The van der Waals surface area contributed by atoms with E-state index in [-0.39, 0.29) is 0 Å². The average Bonchev–Trinajstić information content (AvgIpc) is 2.31. The fraction of sp³-hybridized carbons (Fsp3) is 0.111. The highest BCUT2D eigenvalue weighted by atomic mass is 16.5. The molecule has 0 unspecified atom stereocenters. The van der Waals surface area contributed by atoms with Crippen molar-refractivity contribution in [3.05, 3.63) is 31.0 Å². The third kappa shape index (κ3) is 2.16. The van der Waals surface area contributed by atoms with Gasteiger partial charge >= 0.3 is 0 Å². The Bertz CT molecular complexity index is 434. The van der Waals surface area contributed by atoms with Gasteiger partial charge in [-0.25, -0.2) is 15.0 Å². The lowest BCUT2D eigenvalue weighted by Crippen LogP contribution is -2.00. The molecule has 0 aliphatic rings. The fourth-order valence-electron chi connectivity index (χ4n) is 1.05. The molecule has 2 heterocycles. The van der Waals surface area contributed by atoms with E-state index < -0.39 is 0 Å². The summed E-state index contributed by atoms with van der Waals surface area (Å²) in [5, 5.41) is 2.95. The molecule has 0 aromatic carbocycles. The molecule has 0 saturated carbocycles. The average molecular weight is 203 g/mol. The number of anilines is 2. The number of hydrogen-bond donors (Lipinski definition) is 1. The molecular weight excluding hydrogens is 194 g/mol. The van der Waals surface area contributed by atoms with Gasteiger partial charge in [0.25, 0.3) is 5.88 Å². The molecule has 0 spiro atoms. The molecule has 0 atom stereocenters. The minimum atomic E-state index is 0.420. The topological polar surface area (TPSA) is 72.8 Å². The molecule has 6 heteroatoms. The summed E-state index contributed by atoms with van der Waals surface area (Å²) in [6.07, 6.45) is 7.90. The van der Waals surface area contributed by atoms with E-state index in [9.17, 15) is 0 Å². The minimum Gasteiger partial charge on any atom is -0.478 e. The van der Waals surface area contributed by atoms with E-state index in [2.05, 4.69) is 25.3 Å². The molecule has 2 aromatic rings. The van der Waals surface area contributed by atoms with E-state index in [1.54, 1.807) is 31.0 Å². The van der Waals surface area contributed by atoms with Gasteiger partial charge in [0.15, 0.2) is 5.82 Å². The van der Waals surface area contributed by atoms with Crippen molar-refractivity contribution in [1.29, 1.82) is 0 Å². The molecule has 0 amide bonds. The van der Waals surface area contributed by atoms with Crippen LogP contribution in [0, 0.1) is 0 Å². The summed E-state index contributed by atoms with van der Waals surface area (Å²) < 4.78 is 5.03. The number of rotatable bonds is 3. The Morgan fingerprint density at radius 2 is 1.87 bits per heavy atom. The largest absolute Gasteiger partial charge is 0.478 e. The Hall–Kier alpha value is -2.24. The van der Waals surface area contributed by atoms with E-state index in [1.807, 2.05) is 0 Å². The normalized spacial score (nSPS) is 9.67. The molecule has 0 fully saturated rings. The van der Waals surface area contributed by atoms with E-state index in [4.69, 9.17) is 4.74 Å². The van der Waals surface area contributed by atoms with Crippen molar-refractivity contribution >= 4 is 11.6 Å². The van der Waals surface area contributed by atoms with Gasteiger partial charge in [0.1, 0.15) is 5.82 Å². The van der Waals surface area contributed by atoms with E-state index in [0.717, 1.165) is 0 Å². The Morgan fingerprint density at radius 3 is 2.60 bits per heavy atom. The third-order valence-corrected chi connectivity index (χ3v) is 1.67. The van der Waals surface area contributed by atoms with Crippen molar-refractivity contribution in [3.8, 4) is 5.88 Å². The van der Waals surface area contributed by atoms with Crippen LogP contribution < -0.4 is 10.1 Å². The maximum atomic E-state index is 5.03. The minimum absolute atomic E-state index is 0.420. The smallest absolute Gasteiger partial charge is 0.257 e. The molecule has 0 aliphatic heterocycles. The highest BCUT2D eigenvalue weighted by Crippen LogP contribution is 2.19. The summed E-state index contributed by atoms with van der Waals surface area (Å²) in [5.74, 6) is 1.53. The molecule has 0 aliphatic carbocycles. The van der Waals surface area contributed by atoms with Crippen LogP contribution in [-0.4, -0.2) is 27.0 Å². The monoisotopic (exact) mass is 203 g/mol. The first-order valence-electron chi connectivity index (χ1n) is 4.28. The first-order valence-corrected chi connectivity index (χ1v) is 4.28. The van der Waals surface area contributed by atoms with Crippen LogP contribution in [0.2, 0.25) is 0 Å². The molecule has 0 radical (unpaired) electrons. The molecule has 6 nitrogen and oxygen atoms in total. The summed E-state index contributed by atoms with van der Waals surface area (Å²) >= 11 is 0. The summed E-state index contributed by atoms with van der Waals surface area (Å²) in [6, 6.07) is 0. The van der Waals surface area contributed by atoms with Crippen molar-refractivity contribution < 1.29 is 4.74 Å². The number of ether oxygens (including phenoxy) is 1. The molecule has 15 heavy (non-hydrogen) atoms. The van der Waals surface area contributed by atoms with Crippen molar-refractivity contribution in [3.63, 3.8) is 0 Å². The second-order valence-electron chi connectivity index (χ2n) is 2.63. The molecule has 2 rings (SSSR count). The fourth-order valence-corrected chi connectivity index (χ4v) is 1.05. The van der Waals surface area contributed by atoms with Crippen LogP contribution in [0.15, 0.2) is 31.0 Å². The van der Waals surface area contributed by atoms with E-state index in [0.29, 0.717) is 17.5 Å². The predicted molar refractivity (Wildman–Crippen MR) is 53.9 cm³/mol. The maximum Gasteiger partial charge on any atom is 0.257 e. The zero-order chi connectivity index (χ0) is 10.5. The van der Waals surface area contributed by atoms with Gasteiger partial charge in [-0.05, 0) is 0 Å². The van der Waals surface area contributed by atoms with Crippen LogP contribution >= 0.6 is 0 Å². The lowest BCUT2D eigenvalue weighted by Gasteiger charge is -2.06. The van der Waals surface area contributed by atoms with Gasteiger partial charge in [0, 0.05) is 24.8 Å². The van der Waals surface area contributed by atoms with Crippen molar-refractivity contribution in [2.24, 2.45) is 0 Å². The van der Waals surface area contributed by atoms with Gasteiger partial charge in [-0.2, -0.15) is 0 Å². The highest BCUT2D eigenvalue weighted by Gasteiger charge is 2.05. The molecule has 1 N–H and O–H groups in total. The van der Waals surface area contributed by atoms with Crippen LogP contribution in [0.4, 0.5) is 11.6 Å². The van der Waals surface area contributed by atoms with Gasteiger partial charge in [0.05, 0.1) is 13.3 Å². The molecule has 0 saturated heterocycles. The van der Waals surface area contributed by atoms with Crippen LogP contribution in [0.5, 0.6) is 5.88 Å². The summed E-state index contributed by atoms with van der Waals surface area (Å²) in [6.45, 7) is 0. The van der Waals surface area contributed by atoms with Crippen LogP contribution in [-0.2, 0) is 0 Å². The second-order valence-corrected chi connectivity index (χ2v) is 2.63. The van der Waals surface area contributed by atoms with Gasteiger partial charge in [-0.3, -0.25) is 4.98 Å². The Morgan fingerprint density at radius 1 is 1.07 bits per heavy atom. The predicted octanol–water partition coefficient (Wildman–Crippen LogP) is 1.02. The lowest BCUT2D eigenvalue weighted by atomic mass is 10.5. The standard InChI is InChI=1S/C9H9N5O/c1-15-9-8(12-4-5-13-9)14-7-6-10-2-3-11-7/h2-6H,1H3,(H,11,12,14). The van der Waals surface area contributed by atoms with Gasteiger partial charge in [-0.1, -0.05) is 0 Å². The SMILES string of the molecule is COc1nccnc1Nc1cnccn1. The summed E-state index contributed by atoms with van der Waals surface area (Å²) in [4.78, 5) is 16.1. The molecule has 76 valence electrons. The Labute approximate surface area is 86.4 Å². The van der Waals surface area contributed by atoms with E-state index >= 15 is 0 Å². The van der Waals surface area contributed by atoms with Crippen LogP contribution in [0.3, 0.4) is 0 Å². The van der Waals surface area contributed by atoms with Gasteiger partial charge < -0.3 is 10.1 Å². The van der Waals surface area contributed by atoms with Crippen LogP contribution in [0.25, 0.3) is 0 Å². The first-order chi connectivity index (χ1) is 7.40. The highest BCUT2D eigenvalue weighted by molar-refractivity contribution is 5.55.